The van der Waals surface area contributed by atoms with Crippen LogP contribution in [0.2, 0.25) is 0 Å². The fourth-order valence-corrected chi connectivity index (χ4v) is 1.47. The highest BCUT2D eigenvalue weighted by Gasteiger charge is 2.48. The second-order valence-electron chi connectivity index (χ2n) is 4.05. The molecule has 3 unspecified atom stereocenters. The minimum Gasteiger partial charge on any atom is -0.481 e. The maximum Gasteiger partial charge on any atom is 0.331 e. The molecule has 0 aromatic heterocycles. The maximum absolute atomic E-state index is 11.8. The van der Waals surface area contributed by atoms with E-state index in [1.54, 1.807) is 6.92 Å². The van der Waals surface area contributed by atoms with E-state index in [2.05, 4.69) is 0 Å². The number of carbonyl (C=O) groups excluding carboxylic acids is 1. The molecule has 0 aliphatic heterocycles. The fourth-order valence-electron chi connectivity index (χ4n) is 1.47. The molecule has 0 saturated heterocycles. The third kappa shape index (κ3) is 3.24. The molecule has 0 saturated carbocycles. The lowest BCUT2D eigenvalue weighted by molar-refractivity contribution is -0.152. The first-order valence-corrected chi connectivity index (χ1v) is 5.21. The lowest BCUT2D eigenvalue weighted by Gasteiger charge is -2.30. The minimum absolute atomic E-state index is 0.369. The Hall–Kier alpha value is -1.47. The molecule has 0 aromatic carbocycles. The molecule has 0 radical (unpaired) electrons. The average molecular weight is 246 g/mol. The van der Waals surface area contributed by atoms with Crippen LogP contribution in [0.5, 0.6) is 0 Å². The Kier molecular flexibility index (Phi) is 5.24. The maximum atomic E-state index is 11.8. The second kappa shape index (κ2) is 5.74. The van der Waals surface area contributed by atoms with Crippen LogP contribution in [0.15, 0.2) is 0 Å². The molecule has 0 fully saturated rings. The summed E-state index contributed by atoms with van der Waals surface area (Å²) in [6.45, 7) is 3.20. The van der Waals surface area contributed by atoms with E-state index in [1.807, 2.05) is 0 Å². The van der Waals surface area contributed by atoms with Crippen LogP contribution in [0.25, 0.3) is 0 Å². The van der Waals surface area contributed by atoms with Crippen LogP contribution in [-0.2, 0) is 14.4 Å². The lowest BCUT2D eigenvalue weighted by Crippen LogP contribution is -2.64. The zero-order valence-corrected chi connectivity index (χ0v) is 9.84. The predicted octanol–water partition coefficient (Wildman–Crippen LogP) is -0.814. The normalized spacial score (nSPS) is 17.9. The molecule has 0 amide bonds. The van der Waals surface area contributed by atoms with Crippen LogP contribution in [-0.4, -0.2) is 39.5 Å². The Morgan fingerprint density at radius 3 is 2.06 bits per heavy atom. The van der Waals surface area contributed by atoms with Crippen molar-refractivity contribution in [3.05, 3.63) is 0 Å². The summed E-state index contributed by atoms with van der Waals surface area (Å²) in [6.07, 6.45) is -0.268. The summed E-state index contributed by atoms with van der Waals surface area (Å²) in [5, 5.41) is 17.6. The van der Waals surface area contributed by atoms with Crippen LogP contribution >= 0.6 is 0 Å². The smallest absolute Gasteiger partial charge is 0.331 e. The van der Waals surface area contributed by atoms with Gasteiger partial charge in [-0.2, -0.15) is 0 Å². The van der Waals surface area contributed by atoms with Crippen LogP contribution < -0.4 is 11.5 Å². The molecular weight excluding hydrogens is 228 g/mol. The highest BCUT2D eigenvalue weighted by molar-refractivity contribution is 6.10. The molecule has 0 aliphatic carbocycles. The Balaban J connectivity index is 5.14. The number of nitrogens with two attached hydrogens (primary N) is 2. The highest BCUT2D eigenvalue weighted by Crippen LogP contribution is 2.21. The van der Waals surface area contributed by atoms with Gasteiger partial charge in [-0.05, 0) is 5.92 Å². The molecule has 6 N–H and O–H groups in total. The van der Waals surface area contributed by atoms with Crippen molar-refractivity contribution in [3.8, 4) is 0 Å². The summed E-state index contributed by atoms with van der Waals surface area (Å²) in [5.41, 5.74) is 8.82. The van der Waals surface area contributed by atoms with E-state index in [0.717, 1.165) is 0 Å². The standard InChI is InChI=1S/C10H18N2O5/c1-3-5(2)10(12,9(16)17)8(15)6(11)4-7(13)14/h5-6H,3-4,11-12H2,1-2H3,(H,13,14)(H,16,17). The summed E-state index contributed by atoms with van der Waals surface area (Å²) in [6, 6.07) is -1.41. The monoisotopic (exact) mass is 246 g/mol. The first kappa shape index (κ1) is 15.5. The largest absolute Gasteiger partial charge is 0.481 e. The van der Waals surface area contributed by atoms with Gasteiger partial charge >= 0.3 is 11.9 Å². The molecule has 0 rings (SSSR count). The van der Waals surface area contributed by atoms with Crippen LogP contribution in [0.3, 0.4) is 0 Å². The number of Topliss-reactive ketones (excluding diaryl/α,β-unsaturated/α-hetero) is 1. The van der Waals surface area contributed by atoms with Crippen molar-refractivity contribution in [2.24, 2.45) is 17.4 Å². The van der Waals surface area contributed by atoms with Gasteiger partial charge in [-0.1, -0.05) is 20.3 Å². The van der Waals surface area contributed by atoms with E-state index in [9.17, 15) is 14.4 Å². The molecule has 0 heterocycles. The number of carboxylic acid groups (broad SMARTS) is 2. The minimum atomic E-state index is -2.14. The van der Waals surface area contributed by atoms with Gasteiger partial charge in [0.2, 0.25) is 0 Å². The zero-order valence-electron chi connectivity index (χ0n) is 9.84. The zero-order chi connectivity index (χ0) is 13.8. The van der Waals surface area contributed by atoms with Gasteiger partial charge in [0.25, 0.3) is 0 Å². The average Bonchev–Trinajstić information content (AvgIpc) is 2.24. The topological polar surface area (TPSA) is 144 Å². The number of rotatable bonds is 7. The van der Waals surface area contributed by atoms with E-state index < -0.39 is 41.6 Å². The van der Waals surface area contributed by atoms with Crippen LogP contribution in [0, 0.1) is 5.92 Å². The number of hydrogen-bond donors (Lipinski definition) is 4. The fraction of sp³-hybridized carbons (Fsp3) is 0.700. The van der Waals surface area contributed by atoms with E-state index in [-0.39, 0.29) is 0 Å². The van der Waals surface area contributed by atoms with E-state index in [4.69, 9.17) is 21.7 Å². The SMILES string of the molecule is CCC(C)C(N)(C(=O)O)C(=O)C(N)CC(=O)O. The molecule has 0 bridgehead atoms. The van der Waals surface area contributed by atoms with Gasteiger partial charge in [-0.15, -0.1) is 0 Å². The van der Waals surface area contributed by atoms with Crippen molar-refractivity contribution in [2.75, 3.05) is 0 Å². The van der Waals surface area contributed by atoms with Gasteiger partial charge in [0.05, 0.1) is 12.5 Å². The van der Waals surface area contributed by atoms with Gasteiger partial charge in [0, 0.05) is 0 Å². The number of ketones is 1. The Morgan fingerprint density at radius 2 is 1.76 bits per heavy atom. The molecule has 0 aromatic rings. The Morgan fingerprint density at radius 1 is 1.29 bits per heavy atom. The van der Waals surface area contributed by atoms with Crippen molar-refractivity contribution >= 4 is 17.7 Å². The van der Waals surface area contributed by atoms with Gasteiger partial charge in [-0.25, -0.2) is 4.79 Å². The molecule has 0 spiro atoms. The summed E-state index contributed by atoms with van der Waals surface area (Å²) in [4.78, 5) is 33.4. The van der Waals surface area contributed by atoms with Crippen molar-refractivity contribution in [3.63, 3.8) is 0 Å². The van der Waals surface area contributed by atoms with Crippen LogP contribution in [0.4, 0.5) is 0 Å². The van der Waals surface area contributed by atoms with Crippen LogP contribution in [0.1, 0.15) is 26.7 Å². The molecule has 17 heavy (non-hydrogen) atoms. The second-order valence-corrected chi connectivity index (χ2v) is 4.05. The number of aliphatic carboxylic acids is 2. The van der Waals surface area contributed by atoms with Crippen molar-refractivity contribution < 1.29 is 24.6 Å². The quantitative estimate of drug-likeness (QED) is 0.430. The van der Waals surface area contributed by atoms with Gasteiger partial charge < -0.3 is 21.7 Å². The van der Waals surface area contributed by atoms with Crippen molar-refractivity contribution in [2.45, 2.75) is 38.3 Å². The number of carboxylic acids is 2. The molecule has 0 aliphatic rings. The van der Waals surface area contributed by atoms with Crippen molar-refractivity contribution in [1.82, 2.24) is 0 Å². The summed E-state index contributed by atoms with van der Waals surface area (Å²) >= 11 is 0. The molecule has 7 nitrogen and oxygen atoms in total. The highest BCUT2D eigenvalue weighted by atomic mass is 16.4. The lowest BCUT2D eigenvalue weighted by atomic mass is 9.78. The molecule has 3 atom stereocenters. The number of carbonyl (C=O) groups is 3. The Bertz CT molecular complexity index is 331. The number of hydrogen-bond acceptors (Lipinski definition) is 5. The summed E-state index contributed by atoms with van der Waals surface area (Å²) in [5.74, 6) is -4.35. The third-order valence-corrected chi connectivity index (χ3v) is 2.88. The molecule has 7 heteroatoms. The van der Waals surface area contributed by atoms with E-state index in [1.165, 1.54) is 6.92 Å². The summed E-state index contributed by atoms with van der Waals surface area (Å²) < 4.78 is 0. The third-order valence-electron chi connectivity index (χ3n) is 2.88. The molecular formula is C10H18N2O5. The first-order chi connectivity index (χ1) is 7.67. The van der Waals surface area contributed by atoms with Gasteiger partial charge in [0.1, 0.15) is 0 Å². The summed E-state index contributed by atoms with van der Waals surface area (Å²) in [7, 11) is 0. The van der Waals surface area contributed by atoms with Crippen molar-refractivity contribution in [1.29, 1.82) is 0 Å². The van der Waals surface area contributed by atoms with E-state index >= 15 is 0 Å². The van der Waals surface area contributed by atoms with Gasteiger partial charge in [-0.3, -0.25) is 9.59 Å². The van der Waals surface area contributed by atoms with E-state index in [0.29, 0.717) is 6.42 Å². The Labute approximate surface area is 98.8 Å². The van der Waals surface area contributed by atoms with Gasteiger partial charge in [0.15, 0.2) is 11.3 Å². The first-order valence-electron chi connectivity index (χ1n) is 5.21. The predicted molar refractivity (Wildman–Crippen MR) is 59.2 cm³/mol. The molecule has 98 valence electrons.